The highest BCUT2D eigenvalue weighted by molar-refractivity contribution is 5.97. The summed E-state index contributed by atoms with van der Waals surface area (Å²) >= 11 is 0. The molecule has 5 rings (SSSR count). The minimum absolute atomic E-state index is 0.0958. The lowest BCUT2D eigenvalue weighted by Gasteiger charge is -2.17. The second kappa shape index (κ2) is 6.77. The van der Waals surface area contributed by atoms with Crippen LogP contribution in [0.3, 0.4) is 0 Å². The topological polar surface area (TPSA) is 94.2 Å². The zero-order valence-corrected chi connectivity index (χ0v) is 16.6. The lowest BCUT2D eigenvalue weighted by Crippen LogP contribution is -2.27. The first-order chi connectivity index (χ1) is 14.0. The highest BCUT2D eigenvalue weighted by Crippen LogP contribution is 2.40. The molecule has 3 aromatic heterocycles. The molecular formula is C22H23N5O2. The van der Waals surface area contributed by atoms with Crippen LogP contribution in [0.2, 0.25) is 0 Å². The Bertz CT molecular complexity index is 1110. The van der Waals surface area contributed by atoms with Crippen molar-refractivity contribution in [3.8, 4) is 0 Å². The highest BCUT2D eigenvalue weighted by atomic mass is 16.5. The standard InChI is InChI=1S/C22H23N5O2/c1-12-20-17(11-29-12)16-7-18(25-9-19(16)26-21(20)23)22(28)27(2)10-15-6-5-14(8-24-15)13-3-4-13/h5-9,12-13H,3-4,10-11H2,1-2H3,(H2,23,26)/t12-/m1/s1. The Morgan fingerprint density at radius 1 is 1.28 bits per heavy atom. The molecule has 2 aliphatic rings. The van der Waals surface area contributed by atoms with Gasteiger partial charge in [0.2, 0.25) is 0 Å². The van der Waals surface area contributed by atoms with Crippen molar-refractivity contribution < 1.29 is 9.53 Å². The Kier molecular flexibility index (Phi) is 4.20. The lowest BCUT2D eigenvalue weighted by atomic mass is 10.0. The smallest absolute Gasteiger partial charge is 0.272 e. The van der Waals surface area contributed by atoms with Crippen LogP contribution >= 0.6 is 0 Å². The van der Waals surface area contributed by atoms with Crippen LogP contribution in [0.4, 0.5) is 5.82 Å². The second-order valence-corrected chi connectivity index (χ2v) is 7.95. The quantitative estimate of drug-likeness (QED) is 0.735. The number of rotatable bonds is 4. The first-order valence-electron chi connectivity index (χ1n) is 9.91. The van der Waals surface area contributed by atoms with Crippen LogP contribution < -0.4 is 5.73 Å². The summed E-state index contributed by atoms with van der Waals surface area (Å²) in [6, 6.07) is 5.92. The molecule has 0 saturated heterocycles. The van der Waals surface area contributed by atoms with Crippen molar-refractivity contribution in [2.75, 3.05) is 12.8 Å². The minimum atomic E-state index is -0.155. The monoisotopic (exact) mass is 389 g/mol. The van der Waals surface area contributed by atoms with E-state index in [0.29, 0.717) is 36.1 Å². The summed E-state index contributed by atoms with van der Waals surface area (Å²) in [4.78, 5) is 27.9. The average molecular weight is 389 g/mol. The molecule has 1 aliphatic heterocycles. The molecule has 2 N–H and O–H groups in total. The number of nitrogen functional groups attached to an aromatic ring is 1. The van der Waals surface area contributed by atoms with Gasteiger partial charge in [0.15, 0.2) is 0 Å². The van der Waals surface area contributed by atoms with Gasteiger partial charge in [-0.3, -0.25) is 9.78 Å². The molecule has 0 aromatic carbocycles. The fraction of sp³-hybridized carbons (Fsp3) is 0.364. The van der Waals surface area contributed by atoms with Crippen molar-refractivity contribution in [3.05, 3.63) is 58.7 Å². The van der Waals surface area contributed by atoms with Gasteiger partial charge in [0, 0.05) is 24.2 Å². The number of hydrogen-bond acceptors (Lipinski definition) is 6. The van der Waals surface area contributed by atoms with E-state index >= 15 is 0 Å². The summed E-state index contributed by atoms with van der Waals surface area (Å²) in [6.45, 7) is 2.85. The van der Waals surface area contributed by atoms with E-state index in [4.69, 9.17) is 10.5 Å². The summed E-state index contributed by atoms with van der Waals surface area (Å²) in [7, 11) is 1.77. The summed E-state index contributed by atoms with van der Waals surface area (Å²) in [6.07, 6.45) is 5.95. The maximum atomic E-state index is 13.0. The fourth-order valence-corrected chi connectivity index (χ4v) is 3.98. The number of hydrogen-bond donors (Lipinski definition) is 1. The second-order valence-electron chi connectivity index (χ2n) is 7.95. The Balaban J connectivity index is 1.40. The normalized spacial score (nSPS) is 18.1. The maximum absolute atomic E-state index is 13.0. The Morgan fingerprint density at radius 2 is 2.10 bits per heavy atom. The number of carbonyl (C=O) groups excluding carboxylic acids is 1. The van der Waals surface area contributed by atoms with Crippen LogP contribution in [-0.4, -0.2) is 32.8 Å². The Labute approximate surface area is 168 Å². The summed E-state index contributed by atoms with van der Waals surface area (Å²) in [5.41, 5.74) is 11.2. The van der Waals surface area contributed by atoms with E-state index in [-0.39, 0.29) is 12.0 Å². The van der Waals surface area contributed by atoms with Crippen molar-refractivity contribution >= 4 is 22.6 Å². The van der Waals surface area contributed by atoms with Crippen LogP contribution in [0.1, 0.15) is 64.7 Å². The number of carbonyl (C=O) groups is 1. The van der Waals surface area contributed by atoms with Gasteiger partial charge >= 0.3 is 0 Å². The molecule has 0 spiro atoms. The first-order valence-corrected chi connectivity index (χ1v) is 9.91. The van der Waals surface area contributed by atoms with E-state index in [9.17, 15) is 4.79 Å². The highest BCUT2D eigenvalue weighted by Gasteiger charge is 2.27. The SMILES string of the molecule is C[C@H]1OCc2c1c(N)nc1cnc(C(=O)N(C)Cc3ccc(C4CC4)cn3)cc21. The predicted molar refractivity (Wildman–Crippen MR) is 109 cm³/mol. The van der Waals surface area contributed by atoms with Crippen molar-refractivity contribution in [1.82, 2.24) is 19.9 Å². The molecule has 148 valence electrons. The maximum Gasteiger partial charge on any atom is 0.272 e. The van der Waals surface area contributed by atoms with Gasteiger partial charge in [-0.05, 0) is 48.9 Å². The molecule has 1 atom stereocenters. The number of anilines is 1. The van der Waals surface area contributed by atoms with E-state index < -0.39 is 0 Å². The summed E-state index contributed by atoms with van der Waals surface area (Å²) < 4.78 is 5.73. The number of fused-ring (bicyclic) bond motifs is 3. The van der Waals surface area contributed by atoms with Crippen LogP contribution in [0.25, 0.3) is 10.9 Å². The van der Waals surface area contributed by atoms with Crippen LogP contribution in [0.5, 0.6) is 0 Å². The van der Waals surface area contributed by atoms with Crippen molar-refractivity contribution in [1.29, 1.82) is 0 Å². The molecule has 7 heteroatoms. The summed E-state index contributed by atoms with van der Waals surface area (Å²) in [5, 5.41) is 0.872. The molecule has 0 unspecified atom stereocenters. The molecule has 1 aliphatic carbocycles. The molecule has 7 nitrogen and oxygen atoms in total. The van der Waals surface area contributed by atoms with Crippen LogP contribution in [0, 0.1) is 0 Å². The van der Waals surface area contributed by atoms with Gasteiger partial charge in [-0.1, -0.05) is 6.07 Å². The Morgan fingerprint density at radius 3 is 2.83 bits per heavy atom. The third-order valence-corrected chi connectivity index (χ3v) is 5.80. The molecule has 1 saturated carbocycles. The molecule has 1 amide bonds. The number of amides is 1. The number of pyridine rings is 3. The molecule has 3 aromatic rings. The van der Waals surface area contributed by atoms with Gasteiger partial charge in [0.05, 0.1) is 36.7 Å². The van der Waals surface area contributed by atoms with Crippen LogP contribution in [0.15, 0.2) is 30.6 Å². The molecule has 4 heterocycles. The molecule has 1 fully saturated rings. The minimum Gasteiger partial charge on any atom is -0.383 e. The molecule has 29 heavy (non-hydrogen) atoms. The van der Waals surface area contributed by atoms with Crippen molar-refractivity contribution in [3.63, 3.8) is 0 Å². The number of nitrogens with two attached hydrogens (primary N) is 1. The van der Waals surface area contributed by atoms with Crippen molar-refractivity contribution in [2.45, 2.75) is 44.9 Å². The zero-order valence-electron chi connectivity index (χ0n) is 16.6. The third-order valence-electron chi connectivity index (χ3n) is 5.80. The largest absolute Gasteiger partial charge is 0.383 e. The number of nitrogens with zero attached hydrogens (tertiary/aromatic N) is 4. The van der Waals surface area contributed by atoms with Gasteiger partial charge in [0.25, 0.3) is 5.91 Å². The van der Waals surface area contributed by atoms with E-state index in [0.717, 1.165) is 22.2 Å². The Hall–Kier alpha value is -3.06. The van der Waals surface area contributed by atoms with Crippen molar-refractivity contribution in [2.24, 2.45) is 0 Å². The number of ether oxygens (including phenoxy) is 1. The van der Waals surface area contributed by atoms with Gasteiger partial charge < -0.3 is 15.4 Å². The lowest BCUT2D eigenvalue weighted by molar-refractivity contribution is 0.0776. The average Bonchev–Trinajstić information content (AvgIpc) is 3.50. The van der Waals surface area contributed by atoms with E-state index in [2.05, 4.69) is 21.0 Å². The van der Waals surface area contributed by atoms with Crippen LogP contribution in [-0.2, 0) is 17.9 Å². The van der Waals surface area contributed by atoms with Gasteiger partial charge in [-0.25, -0.2) is 9.97 Å². The zero-order chi connectivity index (χ0) is 20.1. The van der Waals surface area contributed by atoms with E-state index in [1.165, 1.54) is 18.4 Å². The first kappa shape index (κ1) is 18.0. The molecule has 0 bridgehead atoms. The van der Waals surface area contributed by atoms with E-state index in [1.54, 1.807) is 24.2 Å². The third kappa shape index (κ3) is 3.21. The predicted octanol–water partition coefficient (Wildman–Crippen LogP) is 3.35. The number of aromatic nitrogens is 3. The summed E-state index contributed by atoms with van der Waals surface area (Å²) in [5.74, 6) is 0.988. The molecule has 0 radical (unpaired) electrons. The fourth-order valence-electron chi connectivity index (χ4n) is 3.98. The molecular weight excluding hydrogens is 366 g/mol. The van der Waals surface area contributed by atoms with E-state index in [1.807, 2.05) is 19.2 Å². The van der Waals surface area contributed by atoms with Gasteiger partial charge in [0.1, 0.15) is 11.5 Å². The van der Waals surface area contributed by atoms with Gasteiger partial charge in [-0.15, -0.1) is 0 Å². The van der Waals surface area contributed by atoms with Gasteiger partial charge in [-0.2, -0.15) is 0 Å².